The zero-order valence-electron chi connectivity index (χ0n) is 21.1. The summed E-state index contributed by atoms with van der Waals surface area (Å²) in [6.45, 7) is 1.90. The number of benzene rings is 1. The van der Waals surface area contributed by atoms with Crippen LogP contribution in [0.2, 0.25) is 10.0 Å². The lowest BCUT2D eigenvalue weighted by molar-refractivity contribution is -0.389. The van der Waals surface area contributed by atoms with E-state index in [4.69, 9.17) is 23.2 Å². The SMILES string of the molecule is Cc1c(Cl)c([N+](=O)[O-])nn1C12CC3CC(CC(CC(=O)Nc4nn(Cc5c(F)cccc5Cl)cc4Br)(C3)C1)C2. The number of hydrogen-bond acceptors (Lipinski definition) is 5. The lowest BCUT2D eigenvalue weighted by atomic mass is 9.46. The number of nitro groups is 1. The molecule has 3 aromatic rings. The summed E-state index contributed by atoms with van der Waals surface area (Å²) in [5.74, 6) is 0.331. The van der Waals surface area contributed by atoms with Crippen LogP contribution in [0.4, 0.5) is 16.0 Å². The average molecular weight is 640 g/mol. The van der Waals surface area contributed by atoms with Crippen molar-refractivity contribution in [1.82, 2.24) is 19.6 Å². The number of hydrogen-bond donors (Lipinski definition) is 1. The first-order valence-electron chi connectivity index (χ1n) is 12.8. The van der Waals surface area contributed by atoms with E-state index in [9.17, 15) is 19.3 Å². The number of rotatable bonds is 7. The zero-order chi connectivity index (χ0) is 27.7. The minimum Gasteiger partial charge on any atom is -0.358 e. The van der Waals surface area contributed by atoms with E-state index >= 15 is 0 Å². The van der Waals surface area contributed by atoms with E-state index in [1.165, 1.54) is 10.7 Å². The quantitative estimate of drug-likeness (QED) is 0.224. The summed E-state index contributed by atoms with van der Waals surface area (Å²) in [4.78, 5) is 24.4. The van der Waals surface area contributed by atoms with Crippen molar-refractivity contribution in [1.29, 1.82) is 0 Å². The van der Waals surface area contributed by atoms with Crippen LogP contribution in [-0.4, -0.2) is 30.4 Å². The van der Waals surface area contributed by atoms with E-state index in [1.54, 1.807) is 29.9 Å². The fourth-order valence-corrected chi connectivity index (χ4v) is 8.65. The van der Waals surface area contributed by atoms with Crippen LogP contribution in [-0.2, 0) is 16.9 Å². The Balaban J connectivity index is 1.21. The molecule has 1 amide bonds. The second-order valence-electron chi connectivity index (χ2n) is 11.5. The highest BCUT2D eigenvalue weighted by atomic mass is 79.9. The molecule has 0 saturated heterocycles. The molecule has 4 bridgehead atoms. The third-order valence-electron chi connectivity index (χ3n) is 8.69. The van der Waals surface area contributed by atoms with Gasteiger partial charge >= 0.3 is 5.82 Å². The van der Waals surface area contributed by atoms with E-state index in [1.807, 2.05) is 0 Å². The van der Waals surface area contributed by atoms with E-state index in [-0.39, 0.29) is 34.2 Å². The molecular formula is C26H26BrCl2FN6O3. The Morgan fingerprint density at radius 2 is 1.97 bits per heavy atom. The maximum atomic E-state index is 14.3. The number of nitrogens with zero attached hydrogens (tertiary/aromatic N) is 5. The number of carbonyl (C=O) groups excluding carboxylic acids is 1. The third-order valence-corrected chi connectivity index (χ3v) is 10.1. The Kier molecular flexibility index (Phi) is 6.54. The first-order valence-corrected chi connectivity index (χ1v) is 14.4. The van der Waals surface area contributed by atoms with Crippen molar-refractivity contribution >= 4 is 56.7 Å². The first-order chi connectivity index (χ1) is 18.5. The highest BCUT2D eigenvalue weighted by Crippen LogP contribution is 2.65. The Morgan fingerprint density at radius 3 is 2.62 bits per heavy atom. The summed E-state index contributed by atoms with van der Waals surface area (Å²) in [6, 6.07) is 4.51. The molecule has 2 heterocycles. The van der Waals surface area contributed by atoms with Gasteiger partial charge in [0.1, 0.15) is 5.82 Å². The zero-order valence-corrected chi connectivity index (χ0v) is 24.2. The molecule has 2 unspecified atom stereocenters. The highest BCUT2D eigenvalue weighted by Gasteiger charge is 2.61. The van der Waals surface area contributed by atoms with Crippen LogP contribution in [0.25, 0.3) is 0 Å². The van der Waals surface area contributed by atoms with Crippen LogP contribution < -0.4 is 5.32 Å². The van der Waals surface area contributed by atoms with Crippen LogP contribution in [0.5, 0.6) is 0 Å². The smallest absolute Gasteiger partial charge is 0.358 e. The lowest BCUT2D eigenvalue weighted by Gasteiger charge is -2.61. The van der Waals surface area contributed by atoms with Gasteiger partial charge in [-0.2, -0.15) is 9.78 Å². The van der Waals surface area contributed by atoms with Crippen LogP contribution >= 0.6 is 39.1 Å². The van der Waals surface area contributed by atoms with Crippen molar-refractivity contribution in [3.63, 3.8) is 0 Å². The summed E-state index contributed by atoms with van der Waals surface area (Å²) >= 11 is 15.9. The molecule has 206 valence electrons. The number of aromatic nitrogens is 4. The molecule has 4 saturated carbocycles. The number of nitrogens with one attached hydrogen (secondary N) is 1. The van der Waals surface area contributed by atoms with Gasteiger partial charge in [0.2, 0.25) is 5.91 Å². The lowest BCUT2D eigenvalue weighted by Crippen LogP contribution is -2.57. The molecule has 2 aromatic heterocycles. The monoisotopic (exact) mass is 638 g/mol. The van der Waals surface area contributed by atoms with Gasteiger partial charge in [0.05, 0.1) is 27.3 Å². The van der Waals surface area contributed by atoms with Gasteiger partial charge in [-0.3, -0.25) is 9.48 Å². The molecule has 9 nitrogen and oxygen atoms in total. The van der Waals surface area contributed by atoms with Crippen molar-refractivity contribution in [2.75, 3.05) is 5.32 Å². The molecule has 0 aliphatic heterocycles. The highest BCUT2D eigenvalue weighted by molar-refractivity contribution is 9.10. The molecule has 0 radical (unpaired) electrons. The van der Waals surface area contributed by atoms with Crippen molar-refractivity contribution in [2.24, 2.45) is 17.3 Å². The van der Waals surface area contributed by atoms with E-state index in [2.05, 4.69) is 31.4 Å². The molecule has 1 aromatic carbocycles. The summed E-state index contributed by atoms with van der Waals surface area (Å²) < 4.78 is 18.2. The van der Waals surface area contributed by atoms with Gasteiger partial charge in [-0.25, -0.2) is 4.39 Å². The van der Waals surface area contributed by atoms with Gasteiger partial charge in [0.25, 0.3) is 0 Å². The van der Waals surface area contributed by atoms with E-state index in [0.29, 0.717) is 44.8 Å². The van der Waals surface area contributed by atoms with Crippen LogP contribution in [0, 0.1) is 40.1 Å². The van der Waals surface area contributed by atoms with Crippen molar-refractivity contribution in [3.8, 4) is 0 Å². The molecule has 39 heavy (non-hydrogen) atoms. The van der Waals surface area contributed by atoms with Crippen LogP contribution in [0.1, 0.15) is 56.2 Å². The van der Waals surface area contributed by atoms with Gasteiger partial charge in [0.15, 0.2) is 10.8 Å². The average Bonchev–Trinajstić information content (AvgIpc) is 3.33. The van der Waals surface area contributed by atoms with Gasteiger partial charge < -0.3 is 15.4 Å². The molecule has 7 rings (SSSR count). The predicted molar refractivity (Wildman–Crippen MR) is 147 cm³/mol. The number of carbonyl (C=O) groups is 1. The summed E-state index contributed by atoms with van der Waals surface area (Å²) in [5.41, 5.74) is 0.311. The largest absolute Gasteiger partial charge is 0.408 e. The topological polar surface area (TPSA) is 108 Å². The molecule has 4 fully saturated rings. The fraction of sp³-hybridized carbons (Fsp3) is 0.500. The third kappa shape index (κ3) is 4.66. The van der Waals surface area contributed by atoms with Crippen LogP contribution in [0.3, 0.4) is 0 Å². The molecule has 2 atom stereocenters. The predicted octanol–water partition coefficient (Wildman–Crippen LogP) is 6.88. The van der Waals surface area contributed by atoms with E-state index < -0.39 is 10.7 Å². The molecule has 13 heteroatoms. The summed E-state index contributed by atoms with van der Waals surface area (Å²) in [7, 11) is 0. The molecule has 1 N–H and O–H groups in total. The van der Waals surface area contributed by atoms with Crippen molar-refractivity contribution in [3.05, 3.63) is 66.1 Å². The summed E-state index contributed by atoms with van der Waals surface area (Å²) in [5, 5.41) is 23.7. The maximum Gasteiger partial charge on any atom is 0.408 e. The fourth-order valence-electron chi connectivity index (χ4n) is 7.83. The molecule has 4 aliphatic rings. The molecule has 0 spiro atoms. The minimum atomic E-state index is -0.535. The second kappa shape index (κ2) is 9.55. The normalized spacial score (nSPS) is 27.2. The number of anilines is 1. The second-order valence-corrected chi connectivity index (χ2v) is 13.2. The minimum absolute atomic E-state index is 0.0830. The Hall–Kier alpha value is -2.50. The first kappa shape index (κ1) is 26.7. The standard InChI is InChI=1S/C26H26BrCl2FN6O3/c1-14-22(29)24(36(38)39)33-35(14)26-8-15-5-16(9-26)7-25(6-15,13-26)10-21(37)31-23-18(27)12-34(32-23)11-17-19(28)3-2-4-20(17)30/h2-4,12,15-16H,5-11,13H2,1H3,(H,31,32,37). The summed E-state index contributed by atoms with van der Waals surface area (Å²) in [6.07, 6.45) is 7.47. The van der Waals surface area contributed by atoms with Gasteiger partial charge in [-0.05, 0) is 95.7 Å². The van der Waals surface area contributed by atoms with Gasteiger partial charge in [0, 0.05) is 23.2 Å². The van der Waals surface area contributed by atoms with Crippen molar-refractivity contribution < 1.29 is 14.1 Å². The van der Waals surface area contributed by atoms with Crippen LogP contribution in [0.15, 0.2) is 28.9 Å². The Bertz CT molecular complexity index is 1470. The van der Waals surface area contributed by atoms with Gasteiger partial charge in [-0.15, -0.1) is 0 Å². The molecule has 4 aliphatic carbocycles. The maximum absolute atomic E-state index is 14.3. The Morgan fingerprint density at radius 1 is 1.26 bits per heavy atom. The van der Waals surface area contributed by atoms with Crippen molar-refractivity contribution in [2.45, 2.75) is 64.0 Å². The molecular weight excluding hydrogens is 614 g/mol. The Labute approximate surface area is 242 Å². The number of halogens is 4. The number of amides is 1. The van der Waals surface area contributed by atoms with Gasteiger partial charge in [-0.1, -0.05) is 29.3 Å². The van der Waals surface area contributed by atoms with E-state index in [0.717, 1.165) is 38.5 Å².